The van der Waals surface area contributed by atoms with Gasteiger partial charge in [0.05, 0.1) is 16.0 Å². The molecular weight excluding hydrogens is 242 g/mol. The first kappa shape index (κ1) is 13.8. The lowest BCUT2D eigenvalue weighted by Gasteiger charge is -2.20. The monoisotopic (exact) mass is 265 g/mol. The van der Waals surface area contributed by atoms with Gasteiger partial charge in [-0.05, 0) is 37.4 Å². The molecule has 2 nitrogen and oxygen atoms in total. The van der Waals surface area contributed by atoms with Crippen molar-refractivity contribution < 1.29 is 4.21 Å². The maximum Gasteiger partial charge on any atom is 0.0590 e. The molecule has 3 heteroatoms. The minimum absolute atomic E-state index is 0.248. The van der Waals surface area contributed by atoms with E-state index in [2.05, 4.69) is 44.3 Å². The SMILES string of the molecule is CCCNC1c2cccc(C)c2S(=O)C1CCC. The summed E-state index contributed by atoms with van der Waals surface area (Å²) in [6.07, 6.45) is 3.24. The number of hydrogen-bond acceptors (Lipinski definition) is 2. The fourth-order valence-corrected chi connectivity index (χ4v) is 4.82. The van der Waals surface area contributed by atoms with Gasteiger partial charge in [-0.25, -0.2) is 0 Å². The Balaban J connectivity index is 2.36. The van der Waals surface area contributed by atoms with E-state index in [9.17, 15) is 4.21 Å². The molecule has 0 aromatic heterocycles. The van der Waals surface area contributed by atoms with Crippen molar-refractivity contribution in [3.05, 3.63) is 29.3 Å². The number of rotatable bonds is 5. The zero-order valence-electron chi connectivity index (χ0n) is 11.5. The van der Waals surface area contributed by atoms with E-state index in [0.29, 0.717) is 0 Å². The van der Waals surface area contributed by atoms with Crippen LogP contribution in [0.5, 0.6) is 0 Å². The number of aryl methyl sites for hydroxylation is 1. The van der Waals surface area contributed by atoms with Crippen LogP contribution in [0, 0.1) is 6.92 Å². The van der Waals surface area contributed by atoms with Crippen molar-refractivity contribution in [1.82, 2.24) is 5.32 Å². The molecule has 3 atom stereocenters. The van der Waals surface area contributed by atoms with Gasteiger partial charge in [-0.2, -0.15) is 0 Å². The van der Waals surface area contributed by atoms with Gasteiger partial charge in [0.2, 0.25) is 0 Å². The molecular formula is C15H23NOS. The summed E-state index contributed by atoms with van der Waals surface area (Å²) in [6.45, 7) is 7.41. The lowest BCUT2D eigenvalue weighted by molar-refractivity contribution is 0.493. The first-order valence-corrected chi connectivity index (χ1v) is 8.15. The summed E-state index contributed by atoms with van der Waals surface area (Å²) < 4.78 is 12.7. The van der Waals surface area contributed by atoms with Gasteiger partial charge >= 0.3 is 0 Å². The zero-order chi connectivity index (χ0) is 13.1. The molecule has 1 aromatic rings. The fraction of sp³-hybridized carbons (Fsp3) is 0.600. The van der Waals surface area contributed by atoms with Crippen LogP contribution in [0.3, 0.4) is 0 Å². The van der Waals surface area contributed by atoms with E-state index in [1.54, 1.807) is 0 Å². The Morgan fingerprint density at radius 2 is 2.06 bits per heavy atom. The Hall–Kier alpha value is -0.670. The van der Waals surface area contributed by atoms with Crippen LogP contribution in [0.2, 0.25) is 0 Å². The highest BCUT2D eigenvalue weighted by molar-refractivity contribution is 7.86. The summed E-state index contributed by atoms with van der Waals surface area (Å²) in [5.74, 6) is 0. The Morgan fingerprint density at radius 1 is 1.28 bits per heavy atom. The van der Waals surface area contributed by atoms with Crippen molar-refractivity contribution in [2.24, 2.45) is 0 Å². The molecule has 1 heterocycles. The normalized spacial score (nSPS) is 26.3. The maximum absolute atomic E-state index is 12.7. The topological polar surface area (TPSA) is 29.1 Å². The highest BCUT2D eigenvalue weighted by atomic mass is 32.2. The largest absolute Gasteiger partial charge is 0.309 e. The lowest BCUT2D eigenvalue weighted by atomic mass is 9.99. The predicted octanol–water partition coefficient (Wildman–Crippen LogP) is 3.33. The number of nitrogens with one attached hydrogen (secondary N) is 1. The smallest absolute Gasteiger partial charge is 0.0590 e. The molecule has 0 radical (unpaired) electrons. The van der Waals surface area contributed by atoms with Crippen LogP contribution in [0.15, 0.2) is 23.1 Å². The Labute approximate surface area is 113 Å². The molecule has 0 bridgehead atoms. The van der Waals surface area contributed by atoms with Crippen molar-refractivity contribution in [3.8, 4) is 0 Å². The van der Waals surface area contributed by atoms with Crippen molar-refractivity contribution in [1.29, 1.82) is 0 Å². The Kier molecular flexibility index (Phi) is 4.57. The van der Waals surface area contributed by atoms with Gasteiger partial charge < -0.3 is 5.32 Å². The van der Waals surface area contributed by atoms with Gasteiger partial charge in [0.15, 0.2) is 0 Å². The second-order valence-electron chi connectivity index (χ2n) is 5.05. The summed E-state index contributed by atoms with van der Waals surface area (Å²) in [5.41, 5.74) is 2.44. The number of benzene rings is 1. The number of fused-ring (bicyclic) bond motifs is 1. The van der Waals surface area contributed by atoms with Gasteiger partial charge in [-0.15, -0.1) is 0 Å². The van der Waals surface area contributed by atoms with Gasteiger partial charge in [0.25, 0.3) is 0 Å². The van der Waals surface area contributed by atoms with Crippen LogP contribution in [0.25, 0.3) is 0 Å². The highest BCUT2D eigenvalue weighted by Gasteiger charge is 2.38. The molecule has 1 aromatic carbocycles. The first-order valence-electron chi connectivity index (χ1n) is 6.94. The minimum Gasteiger partial charge on any atom is -0.309 e. The summed E-state index contributed by atoms with van der Waals surface area (Å²) in [6, 6.07) is 6.58. The maximum atomic E-state index is 12.7. The van der Waals surface area contributed by atoms with Crippen molar-refractivity contribution in [3.63, 3.8) is 0 Å². The molecule has 0 aliphatic carbocycles. The van der Waals surface area contributed by atoms with Crippen molar-refractivity contribution in [2.75, 3.05) is 6.54 Å². The van der Waals surface area contributed by atoms with E-state index < -0.39 is 10.8 Å². The fourth-order valence-electron chi connectivity index (χ4n) is 2.77. The molecule has 18 heavy (non-hydrogen) atoms. The molecule has 0 saturated carbocycles. The molecule has 1 aliphatic rings. The van der Waals surface area contributed by atoms with E-state index in [1.807, 2.05) is 0 Å². The second kappa shape index (κ2) is 5.98. The van der Waals surface area contributed by atoms with E-state index in [4.69, 9.17) is 0 Å². The molecule has 1 N–H and O–H groups in total. The first-order chi connectivity index (χ1) is 8.70. The Morgan fingerprint density at radius 3 is 2.72 bits per heavy atom. The number of hydrogen-bond donors (Lipinski definition) is 1. The lowest BCUT2D eigenvalue weighted by Crippen LogP contribution is -2.30. The molecule has 2 rings (SSSR count). The van der Waals surface area contributed by atoms with E-state index in [0.717, 1.165) is 30.7 Å². The average molecular weight is 265 g/mol. The quantitative estimate of drug-likeness (QED) is 0.885. The molecule has 0 spiro atoms. The molecule has 0 amide bonds. The summed E-state index contributed by atoms with van der Waals surface area (Å²) in [7, 11) is -0.843. The van der Waals surface area contributed by atoms with E-state index in [1.165, 1.54) is 11.1 Å². The zero-order valence-corrected chi connectivity index (χ0v) is 12.3. The summed E-state index contributed by atoms with van der Waals surface area (Å²) in [4.78, 5) is 1.09. The van der Waals surface area contributed by atoms with Gasteiger partial charge in [0.1, 0.15) is 0 Å². The van der Waals surface area contributed by atoms with Gasteiger partial charge in [-0.3, -0.25) is 4.21 Å². The predicted molar refractivity (Wildman–Crippen MR) is 77.3 cm³/mol. The van der Waals surface area contributed by atoms with Crippen LogP contribution in [0.1, 0.15) is 50.3 Å². The van der Waals surface area contributed by atoms with E-state index in [-0.39, 0.29) is 11.3 Å². The molecule has 1 aliphatic heterocycles. The standard InChI is InChI=1S/C15H23NOS/c1-4-7-13-14(16-10-5-2)12-9-6-8-11(3)15(12)18(13)17/h6,8-9,13-14,16H,4-5,7,10H2,1-3H3. The van der Waals surface area contributed by atoms with Crippen LogP contribution in [-0.2, 0) is 10.8 Å². The molecule has 0 fully saturated rings. The third-order valence-corrected chi connectivity index (χ3v) is 5.63. The van der Waals surface area contributed by atoms with Crippen LogP contribution < -0.4 is 5.32 Å². The van der Waals surface area contributed by atoms with E-state index >= 15 is 0 Å². The van der Waals surface area contributed by atoms with Crippen LogP contribution >= 0.6 is 0 Å². The molecule has 100 valence electrons. The third kappa shape index (κ3) is 2.39. The molecule has 3 unspecified atom stereocenters. The Bertz CT molecular complexity index is 444. The minimum atomic E-state index is -0.843. The van der Waals surface area contributed by atoms with Gasteiger partial charge in [-0.1, -0.05) is 38.5 Å². The van der Waals surface area contributed by atoms with Crippen LogP contribution in [-0.4, -0.2) is 16.0 Å². The van der Waals surface area contributed by atoms with Crippen LogP contribution in [0.4, 0.5) is 0 Å². The van der Waals surface area contributed by atoms with Crippen molar-refractivity contribution in [2.45, 2.75) is 56.2 Å². The summed E-state index contributed by atoms with van der Waals surface area (Å²) in [5, 5.41) is 3.83. The average Bonchev–Trinajstić information content (AvgIpc) is 2.62. The summed E-state index contributed by atoms with van der Waals surface area (Å²) >= 11 is 0. The highest BCUT2D eigenvalue weighted by Crippen LogP contribution is 2.40. The van der Waals surface area contributed by atoms with Crippen molar-refractivity contribution >= 4 is 10.8 Å². The third-order valence-electron chi connectivity index (χ3n) is 3.61. The molecule has 0 saturated heterocycles. The second-order valence-corrected chi connectivity index (χ2v) is 6.66. The van der Waals surface area contributed by atoms with Gasteiger partial charge in [0, 0.05) is 10.9 Å².